The van der Waals surface area contributed by atoms with Crippen LogP contribution in [-0.4, -0.2) is 53.5 Å². The highest BCUT2D eigenvalue weighted by Gasteiger charge is 2.45. The standard InChI is InChI=1S/C25H31N3O2/c1-17-22(5-4-12-26-17)25(29)27-14-18-13-20(16-27)24-7-3-6-23(28(24)15-18)19-8-10-21(30-2)11-9-19/h4-5,8-12,18,20,23-24H,3,6-7,13-16H2,1-2H3/t18-,20+,23+,24-/m0/s1. The first kappa shape index (κ1) is 19.6. The van der Waals surface area contributed by atoms with Gasteiger partial charge in [0.15, 0.2) is 0 Å². The molecule has 0 spiro atoms. The van der Waals surface area contributed by atoms with Gasteiger partial charge in [0, 0.05) is 43.6 Å². The molecule has 3 fully saturated rings. The van der Waals surface area contributed by atoms with Crippen molar-refractivity contribution in [3.63, 3.8) is 0 Å². The molecule has 0 radical (unpaired) electrons. The van der Waals surface area contributed by atoms with Crippen LogP contribution in [0.15, 0.2) is 42.6 Å². The molecule has 158 valence electrons. The summed E-state index contributed by atoms with van der Waals surface area (Å²) in [6.45, 7) is 4.76. The van der Waals surface area contributed by atoms with Gasteiger partial charge in [0.1, 0.15) is 5.75 Å². The monoisotopic (exact) mass is 405 g/mol. The normalized spacial score (nSPS) is 28.7. The van der Waals surface area contributed by atoms with Crippen LogP contribution >= 0.6 is 0 Å². The molecule has 0 aliphatic carbocycles. The predicted molar refractivity (Wildman–Crippen MR) is 117 cm³/mol. The molecule has 3 aliphatic heterocycles. The van der Waals surface area contributed by atoms with Gasteiger partial charge < -0.3 is 9.64 Å². The summed E-state index contributed by atoms with van der Waals surface area (Å²) in [7, 11) is 1.72. The lowest BCUT2D eigenvalue weighted by Crippen LogP contribution is -2.60. The van der Waals surface area contributed by atoms with Crippen LogP contribution in [0.3, 0.4) is 0 Å². The number of aromatic nitrogens is 1. The van der Waals surface area contributed by atoms with Gasteiger partial charge in [-0.15, -0.1) is 0 Å². The Balaban J connectivity index is 1.35. The summed E-state index contributed by atoms with van der Waals surface area (Å²) < 4.78 is 5.35. The van der Waals surface area contributed by atoms with Gasteiger partial charge in [0.2, 0.25) is 0 Å². The van der Waals surface area contributed by atoms with E-state index in [-0.39, 0.29) is 5.91 Å². The van der Waals surface area contributed by atoms with Crippen LogP contribution in [0.2, 0.25) is 0 Å². The van der Waals surface area contributed by atoms with Crippen molar-refractivity contribution in [2.24, 2.45) is 11.8 Å². The van der Waals surface area contributed by atoms with Crippen molar-refractivity contribution in [3.8, 4) is 5.75 Å². The number of pyridine rings is 1. The van der Waals surface area contributed by atoms with E-state index in [9.17, 15) is 4.79 Å². The van der Waals surface area contributed by atoms with Gasteiger partial charge >= 0.3 is 0 Å². The molecule has 3 saturated heterocycles. The minimum atomic E-state index is 0.159. The molecule has 1 aromatic carbocycles. The van der Waals surface area contributed by atoms with Gasteiger partial charge in [-0.25, -0.2) is 0 Å². The van der Waals surface area contributed by atoms with Gasteiger partial charge in [0.05, 0.1) is 12.7 Å². The number of carbonyl (C=O) groups excluding carboxylic acids is 1. The first-order chi connectivity index (χ1) is 14.6. The third-order valence-electron chi connectivity index (χ3n) is 7.41. The second-order valence-corrected chi connectivity index (χ2v) is 9.19. The summed E-state index contributed by atoms with van der Waals surface area (Å²) in [6.07, 6.45) is 6.75. The number of hydrogen-bond acceptors (Lipinski definition) is 4. The molecule has 5 nitrogen and oxygen atoms in total. The Hall–Kier alpha value is -2.40. The van der Waals surface area contributed by atoms with Crippen LogP contribution < -0.4 is 4.74 Å². The molecule has 1 aromatic heterocycles. The Morgan fingerprint density at radius 1 is 1.10 bits per heavy atom. The second-order valence-electron chi connectivity index (χ2n) is 9.19. The van der Waals surface area contributed by atoms with Gasteiger partial charge in [-0.3, -0.25) is 14.7 Å². The molecule has 5 rings (SSSR count). The fraction of sp³-hybridized carbons (Fsp3) is 0.520. The van der Waals surface area contributed by atoms with E-state index in [0.717, 1.165) is 36.6 Å². The molecule has 3 aliphatic rings. The second kappa shape index (κ2) is 8.03. The summed E-state index contributed by atoms with van der Waals surface area (Å²) in [5.41, 5.74) is 2.99. The number of rotatable bonds is 3. The molecular formula is C25H31N3O2. The van der Waals surface area contributed by atoms with Gasteiger partial charge in [0.25, 0.3) is 5.91 Å². The summed E-state index contributed by atoms with van der Waals surface area (Å²) in [6, 6.07) is 13.5. The van der Waals surface area contributed by atoms with E-state index in [4.69, 9.17) is 4.74 Å². The van der Waals surface area contributed by atoms with E-state index in [0.29, 0.717) is 23.9 Å². The number of nitrogens with zero attached hydrogens (tertiary/aromatic N) is 3. The zero-order valence-electron chi connectivity index (χ0n) is 18.0. The fourth-order valence-corrected chi connectivity index (χ4v) is 6.04. The lowest BCUT2D eigenvalue weighted by Gasteiger charge is -2.55. The van der Waals surface area contributed by atoms with Crippen LogP contribution in [0.5, 0.6) is 5.75 Å². The number of fused-ring (bicyclic) bond motifs is 4. The first-order valence-electron chi connectivity index (χ1n) is 11.2. The van der Waals surface area contributed by atoms with Crippen LogP contribution in [-0.2, 0) is 0 Å². The molecule has 4 atom stereocenters. The molecule has 2 bridgehead atoms. The Labute approximate surface area is 179 Å². The molecule has 5 heteroatoms. The number of methoxy groups -OCH3 is 1. The maximum atomic E-state index is 13.2. The van der Waals surface area contributed by atoms with Crippen LogP contribution in [0, 0.1) is 18.8 Å². The molecule has 1 amide bonds. The molecule has 0 N–H and O–H groups in total. The number of likely N-dealkylation sites (tertiary alicyclic amines) is 1. The third-order valence-corrected chi connectivity index (χ3v) is 7.41. The van der Waals surface area contributed by atoms with E-state index in [1.807, 2.05) is 19.1 Å². The highest BCUT2D eigenvalue weighted by molar-refractivity contribution is 5.95. The number of piperidine rings is 3. The Bertz CT molecular complexity index is 913. The minimum Gasteiger partial charge on any atom is -0.497 e. The van der Waals surface area contributed by atoms with E-state index in [2.05, 4.69) is 39.0 Å². The van der Waals surface area contributed by atoms with Crippen LogP contribution in [0.1, 0.15) is 53.3 Å². The van der Waals surface area contributed by atoms with E-state index < -0.39 is 0 Å². The number of amides is 1. The van der Waals surface area contributed by atoms with Crippen molar-refractivity contribution in [1.29, 1.82) is 0 Å². The van der Waals surface area contributed by atoms with E-state index >= 15 is 0 Å². The van der Waals surface area contributed by atoms with Crippen LogP contribution in [0.25, 0.3) is 0 Å². The largest absolute Gasteiger partial charge is 0.497 e. The van der Waals surface area contributed by atoms with Crippen molar-refractivity contribution in [2.75, 3.05) is 26.7 Å². The van der Waals surface area contributed by atoms with Crippen molar-refractivity contribution in [3.05, 3.63) is 59.4 Å². The highest BCUT2D eigenvalue weighted by Crippen LogP contribution is 2.44. The summed E-state index contributed by atoms with van der Waals surface area (Å²) >= 11 is 0. The quantitative estimate of drug-likeness (QED) is 0.772. The van der Waals surface area contributed by atoms with Gasteiger partial charge in [-0.2, -0.15) is 0 Å². The lowest BCUT2D eigenvalue weighted by molar-refractivity contribution is -0.0511. The number of hydrogen-bond donors (Lipinski definition) is 0. The molecule has 0 saturated carbocycles. The molecular weight excluding hydrogens is 374 g/mol. The van der Waals surface area contributed by atoms with E-state index in [1.54, 1.807) is 13.3 Å². The molecule has 2 aromatic rings. The molecule has 30 heavy (non-hydrogen) atoms. The minimum absolute atomic E-state index is 0.159. The first-order valence-corrected chi connectivity index (χ1v) is 11.2. The topological polar surface area (TPSA) is 45.7 Å². The van der Waals surface area contributed by atoms with Gasteiger partial charge in [-0.1, -0.05) is 12.1 Å². The Kier molecular flexibility index (Phi) is 5.23. The SMILES string of the molecule is COc1ccc([C@H]2CCC[C@H]3[C@@H]4C[C@@H](CN(C(=O)c5cccnc5C)C4)CN23)cc1. The number of carbonyl (C=O) groups is 1. The number of aryl methyl sites for hydroxylation is 1. The predicted octanol–water partition coefficient (Wildman–Crippen LogP) is 4.09. The van der Waals surface area contributed by atoms with Crippen molar-refractivity contribution < 1.29 is 9.53 Å². The van der Waals surface area contributed by atoms with E-state index in [1.165, 1.54) is 31.2 Å². The summed E-state index contributed by atoms with van der Waals surface area (Å²) in [5.74, 6) is 2.20. The summed E-state index contributed by atoms with van der Waals surface area (Å²) in [5, 5.41) is 0. The number of benzene rings is 1. The Morgan fingerprint density at radius 2 is 1.93 bits per heavy atom. The lowest BCUT2D eigenvalue weighted by atomic mass is 9.73. The smallest absolute Gasteiger partial charge is 0.255 e. The molecule has 0 unspecified atom stereocenters. The third kappa shape index (κ3) is 3.49. The van der Waals surface area contributed by atoms with Crippen molar-refractivity contribution in [1.82, 2.24) is 14.8 Å². The van der Waals surface area contributed by atoms with Crippen molar-refractivity contribution in [2.45, 2.75) is 44.7 Å². The highest BCUT2D eigenvalue weighted by atomic mass is 16.5. The van der Waals surface area contributed by atoms with Crippen molar-refractivity contribution >= 4 is 5.91 Å². The Morgan fingerprint density at radius 3 is 2.70 bits per heavy atom. The maximum Gasteiger partial charge on any atom is 0.255 e. The summed E-state index contributed by atoms with van der Waals surface area (Å²) in [4.78, 5) is 22.4. The zero-order chi connectivity index (χ0) is 20.7. The zero-order valence-corrected chi connectivity index (χ0v) is 18.0. The number of ether oxygens (including phenoxy) is 1. The average molecular weight is 406 g/mol. The average Bonchev–Trinajstić information content (AvgIpc) is 2.78. The van der Waals surface area contributed by atoms with Crippen LogP contribution in [0.4, 0.5) is 0 Å². The maximum absolute atomic E-state index is 13.2. The molecule has 4 heterocycles. The fourth-order valence-electron chi connectivity index (χ4n) is 6.04. The van der Waals surface area contributed by atoms with Gasteiger partial charge in [-0.05, 0) is 74.3 Å².